The fraction of sp³-hybridized carbons (Fsp3) is 0.667. The van der Waals surface area contributed by atoms with Crippen LogP contribution in [0.15, 0.2) is 4.99 Å². The van der Waals surface area contributed by atoms with Crippen molar-refractivity contribution >= 4 is 5.84 Å². The summed E-state index contributed by atoms with van der Waals surface area (Å²) in [5, 5.41) is 8.14. The second-order valence-corrected chi connectivity index (χ2v) is 2.10. The number of nitrogens with zero attached hydrogens (tertiary/aromatic N) is 3. The third-order valence-corrected chi connectivity index (χ3v) is 1.53. The number of likely N-dealkylation sites (tertiary alicyclic amines) is 1. The van der Waals surface area contributed by atoms with Gasteiger partial charge in [-0.1, -0.05) is 0 Å². The van der Waals surface area contributed by atoms with Gasteiger partial charge in [0.2, 0.25) is 6.19 Å². The average molecular weight is 123 g/mol. The number of hydrogen-bond donors (Lipinski definition) is 0. The molecule has 0 aromatic heterocycles. The van der Waals surface area contributed by atoms with Crippen LogP contribution < -0.4 is 0 Å². The highest BCUT2D eigenvalue weighted by Crippen LogP contribution is 2.05. The predicted molar refractivity (Wildman–Crippen MR) is 34.9 cm³/mol. The first-order valence-electron chi connectivity index (χ1n) is 3.03. The van der Waals surface area contributed by atoms with Gasteiger partial charge in [0.15, 0.2) is 0 Å². The molecule has 1 saturated heterocycles. The number of rotatable bonds is 0. The molecule has 1 aliphatic rings. The molecule has 0 amide bonds. The van der Waals surface area contributed by atoms with Gasteiger partial charge in [-0.05, 0) is 13.3 Å². The molecule has 0 aromatic rings. The molecule has 0 aromatic carbocycles. The summed E-state index contributed by atoms with van der Waals surface area (Å²) in [6.07, 6.45) is 3.00. The van der Waals surface area contributed by atoms with Crippen LogP contribution in [0, 0.1) is 11.5 Å². The summed E-state index contributed by atoms with van der Waals surface area (Å²) in [5.41, 5.74) is 0. The van der Waals surface area contributed by atoms with Crippen LogP contribution >= 0.6 is 0 Å². The minimum atomic E-state index is 0.851. The van der Waals surface area contributed by atoms with E-state index in [0.717, 1.165) is 18.9 Å². The maximum Gasteiger partial charge on any atom is 0.207 e. The van der Waals surface area contributed by atoms with Crippen molar-refractivity contribution in [3.8, 4) is 6.19 Å². The molecule has 0 atom stereocenters. The third kappa shape index (κ3) is 1.20. The van der Waals surface area contributed by atoms with Gasteiger partial charge in [0, 0.05) is 13.1 Å². The molecular weight excluding hydrogens is 114 g/mol. The molecule has 0 bridgehead atoms. The number of amidine groups is 1. The lowest BCUT2D eigenvalue weighted by molar-refractivity contribution is 0.298. The lowest BCUT2D eigenvalue weighted by atomic mass is 10.2. The topological polar surface area (TPSA) is 39.4 Å². The van der Waals surface area contributed by atoms with E-state index in [4.69, 9.17) is 5.26 Å². The van der Waals surface area contributed by atoms with Crippen molar-refractivity contribution in [3.63, 3.8) is 0 Å². The smallest absolute Gasteiger partial charge is 0.207 e. The Morgan fingerprint density at radius 2 is 2.33 bits per heavy atom. The summed E-state index contributed by atoms with van der Waals surface area (Å²) < 4.78 is 0. The zero-order valence-corrected chi connectivity index (χ0v) is 5.46. The van der Waals surface area contributed by atoms with E-state index in [9.17, 15) is 0 Å². The minimum absolute atomic E-state index is 0.851. The predicted octanol–water partition coefficient (Wildman–Crippen LogP) is 0.592. The molecule has 0 N–H and O–H groups in total. The first kappa shape index (κ1) is 6.09. The Balaban J connectivity index is 2.42. The van der Waals surface area contributed by atoms with Crippen molar-refractivity contribution in [1.82, 2.24) is 4.90 Å². The van der Waals surface area contributed by atoms with Crippen molar-refractivity contribution in [3.05, 3.63) is 0 Å². The second-order valence-electron chi connectivity index (χ2n) is 2.10. The molecule has 48 valence electrons. The van der Waals surface area contributed by atoms with Gasteiger partial charge >= 0.3 is 0 Å². The van der Waals surface area contributed by atoms with E-state index in [0.29, 0.717) is 0 Å². The Morgan fingerprint density at radius 1 is 1.67 bits per heavy atom. The molecule has 1 rings (SSSR count). The van der Waals surface area contributed by atoms with Crippen molar-refractivity contribution in [2.75, 3.05) is 13.1 Å². The molecule has 0 radical (unpaired) electrons. The SMILES string of the molecule is C/C(=N/C#N)N1CCC1. The number of nitriles is 1. The van der Waals surface area contributed by atoms with Crippen molar-refractivity contribution in [1.29, 1.82) is 5.26 Å². The number of hydrogen-bond acceptors (Lipinski definition) is 2. The van der Waals surface area contributed by atoms with Crippen LogP contribution in [0.4, 0.5) is 0 Å². The highest BCUT2D eigenvalue weighted by molar-refractivity contribution is 5.81. The monoisotopic (exact) mass is 123 g/mol. The van der Waals surface area contributed by atoms with Crippen LogP contribution in [-0.4, -0.2) is 23.8 Å². The Bertz CT molecular complexity index is 162. The molecule has 1 fully saturated rings. The third-order valence-electron chi connectivity index (χ3n) is 1.53. The Kier molecular flexibility index (Phi) is 1.69. The molecule has 3 heteroatoms. The summed E-state index contributed by atoms with van der Waals surface area (Å²) in [4.78, 5) is 5.68. The van der Waals surface area contributed by atoms with Gasteiger partial charge < -0.3 is 4.90 Å². The molecule has 9 heavy (non-hydrogen) atoms. The van der Waals surface area contributed by atoms with Gasteiger partial charge in [0.1, 0.15) is 5.84 Å². The maximum atomic E-state index is 8.14. The molecule has 0 spiro atoms. The molecule has 0 aliphatic carbocycles. The number of aliphatic imine (C=N–C) groups is 1. The second kappa shape index (κ2) is 2.49. The van der Waals surface area contributed by atoms with Crippen LogP contribution in [0.2, 0.25) is 0 Å². The van der Waals surface area contributed by atoms with Crippen LogP contribution in [0.5, 0.6) is 0 Å². The fourth-order valence-electron chi connectivity index (χ4n) is 0.783. The van der Waals surface area contributed by atoms with Crippen LogP contribution in [-0.2, 0) is 0 Å². The zero-order chi connectivity index (χ0) is 6.69. The van der Waals surface area contributed by atoms with Gasteiger partial charge in [-0.3, -0.25) is 0 Å². The molecule has 0 unspecified atom stereocenters. The molecular formula is C6H9N3. The standard InChI is InChI=1S/C6H9N3/c1-6(8-5-7)9-3-2-4-9/h2-4H2,1H3/b8-6-. The molecule has 3 nitrogen and oxygen atoms in total. The zero-order valence-electron chi connectivity index (χ0n) is 5.46. The van der Waals surface area contributed by atoms with Gasteiger partial charge in [-0.15, -0.1) is 0 Å². The van der Waals surface area contributed by atoms with Gasteiger partial charge in [-0.2, -0.15) is 10.3 Å². The van der Waals surface area contributed by atoms with Crippen molar-refractivity contribution in [2.45, 2.75) is 13.3 Å². The quantitative estimate of drug-likeness (QED) is 0.268. The summed E-state index contributed by atoms with van der Waals surface area (Å²) >= 11 is 0. The van der Waals surface area contributed by atoms with E-state index in [1.165, 1.54) is 6.42 Å². The normalized spacial score (nSPS) is 18.7. The summed E-state index contributed by atoms with van der Waals surface area (Å²) in [6.45, 7) is 4.00. The van der Waals surface area contributed by atoms with E-state index in [1.54, 1.807) is 6.19 Å². The van der Waals surface area contributed by atoms with Gasteiger partial charge in [0.25, 0.3) is 0 Å². The van der Waals surface area contributed by atoms with Crippen LogP contribution in [0.3, 0.4) is 0 Å². The van der Waals surface area contributed by atoms with E-state index in [-0.39, 0.29) is 0 Å². The Morgan fingerprint density at radius 3 is 2.67 bits per heavy atom. The van der Waals surface area contributed by atoms with Crippen LogP contribution in [0.1, 0.15) is 13.3 Å². The highest BCUT2D eigenvalue weighted by Gasteiger charge is 2.13. The first-order chi connectivity index (χ1) is 4.34. The Labute approximate surface area is 54.6 Å². The first-order valence-corrected chi connectivity index (χ1v) is 3.03. The molecule has 1 heterocycles. The van der Waals surface area contributed by atoms with E-state index >= 15 is 0 Å². The van der Waals surface area contributed by atoms with Gasteiger partial charge in [-0.25, -0.2) is 0 Å². The van der Waals surface area contributed by atoms with Crippen molar-refractivity contribution in [2.24, 2.45) is 4.99 Å². The van der Waals surface area contributed by atoms with E-state index < -0.39 is 0 Å². The maximum absolute atomic E-state index is 8.14. The van der Waals surface area contributed by atoms with E-state index in [1.807, 2.05) is 6.92 Å². The highest BCUT2D eigenvalue weighted by atomic mass is 15.2. The Hall–Kier alpha value is -1.04. The average Bonchev–Trinajstić information content (AvgIpc) is 1.60. The van der Waals surface area contributed by atoms with Gasteiger partial charge in [0.05, 0.1) is 0 Å². The minimum Gasteiger partial charge on any atom is -0.359 e. The fourth-order valence-corrected chi connectivity index (χ4v) is 0.783. The lowest BCUT2D eigenvalue weighted by Gasteiger charge is -2.31. The molecule has 0 saturated carbocycles. The molecule has 1 aliphatic heterocycles. The van der Waals surface area contributed by atoms with E-state index in [2.05, 4.69) is 9.89 Å². The summed E-state index contributed by atoms with van der Waals surface area (Å²) in [5.74, 6) is 0.851. The van der Waals surface area contributed by atoms with Crippen molar-refractivity contribution < 1.29 is 0 Å². The summed E-state index contributed by atoms with van der Waals surface area (Å²) in [7, 11) is 0. The largest absolute Gasteiger partial charge is 0.359 e. The lowest BCUT2D eigenvalue weighted by Crippen LogP contribution is -2.40. The van der Waals surface area contributed by atoms with Crippen LogP contribution in [0.25, 0.3) is 0 Å². The summed E-state index contributed by atoms with van der Waals surface area (Å²) in [6, 6.07) is 0.